The summed E-state index contributed by atoms with van der Waals surface area (Å²) in [5.74, 6) is -2.08. The molecule has 2 atom stereocenters. The fourth-order valence-corrected chi connectivity index (χ4v) is 2.82. The molecule has 0 saturated heterocycles. The Kier molecular flexibility index (Phi) is 4.52. The smallest absolute Gasteiger partial charge is 0.311 e. The van der Waals surface area contributed by atoms with Gasteiger partial charge in [0.25, 0.3) is 5.91 Å². The van der Waals surface area contributed by atoms with E-state index in [0.29, 0.717) is 12.8 Å². The number of carbonyl (C=O) groups is 2. The van der Waals surface area contributed by atoms with Crippen LogP contribution in [0.3, 0.4) is 0 Å². The maximum Gasteiger partial charge on any atom is 0.311 e. The summed E-state index contributed by atoms with van der Waals surface area (Å²) in [5.41, 5.74) is -0.853. The van der Waals surface area contributed by atoms with Crippen molar-refractivity contribution in [2.75, 3.05) is 0 Å². The number of carboxylic acid groups (broad SMARTS) is 1. The molecule has 2 N–H and O–H groups in total. The highest BCUT2D eigenvalue weighted by Crippen LogP contribution is 2.36. The van der Waals surface area contributed by atoms with Gasteiger partial charge in [-0.05, 0) is 38.0 Å². The van der Waals surface area contributed by atoms with E-state index in [4.69, 9.17) is 11.6 Å². The molecule has 4 nitrogen and oxygen atoms in total. The van der Waals surface area contributed by atoms with E-state index in [1.54, 1.807) is 6.92 Å². The summed E-state index contributed by atoms with van der Waals surface area (Å²) < 4.78 is 13.4. The van der Waals surface area contributed by atoms with Gasteiger partial charge in [0.2, 0.25) is 0 Å². The number of halogens is 2. The van der Waals surface area contributed by atoms with E-state index in [1.807, 2.05) is 0 Å². The molecule has 2 unspecified atom stereocenters. The molecule has 1 aromatic rings. The van der Waals surface area contributed by atoms with Crippen LogP contribution in [0, 0.1) is 11.2 Å². The number of amides is 1. The first-order chi connectivity index (χ1) is 9.84. The molecule has 114 valence electrons. The van der Waals surface area contributed by atoms with Gasteiger partial charge in [0.1, 0.15) is 5.82 Å². The molecule has 0 radical (unpaired) electrons. The van der Waals surface area contributed by atoms with Gasteiger partial charge in [-0.15, -0.1) is 0 Å². The molecule has 0 bridgehead atoms. The van der Waals surface area contributed by atoms with Gasteiger partial charge >= 0.3 is 5.97 Å². The van der Waals surface area contributed by atoms with Crippen molar-refractivity contribution >= 4 is 23.5 Å². The van der Waals surface area contributed by atoms with Gasteiger partial charge in [-0.25, -0.2) is 4.39 Å². The summed E-state index contributed by atoms with van der Waals surface area (Å²) in [6.07, 6.45) is 2.81. The summed E-state index contributed by atoms with van der Waals surface area (Å²) >= 11 is 5.58. The fraction of sp³-hybridized carbons (Fsp3) is 0.467. The van der Waals surface area contributed by atoms with Crippen molar-refractivity contribution in [3.63, 3.8) is 0 Å². The lowest BCUT2D eigenvalue weighted by molar-refractivity contribution is -0.151. The second-order valence-electron chi connectivity index (χ2n) is 5.62. The van der Waals surface area contributed by atoms with E-state index in [9.17, 15) is 19.1 Å². The van der Waals surface area contributed by atoms with Gasteiger partial charge in [0.05, 0.1) is 10.4 Å². The molecule has 1 aliphatic rings. The molecule has 0 spiro atoms. The first-order valence-corrected chi connectivity index (χ1v) is 7.21. The minimum Gasteiger partial charge on any atom is -0.481 e. The average Bonchev–Trinajstić information content (AvgIpc) is 2.44. The van der Waals surface area contributed by atoms with Crippen molar-refractivity contribution < 1.29 is 19.1 Å². The van der Waals surface area contributed by atoms with Crippen molar-refractivity contribution in [3.8, 4) is 0 Å². The number of rotatable bonds is 3. The van der Waals surface area contributed by atoms with Crippen LogP contribution < -0.4 is 5.32 Å². The third-order valence-electron chi connectivity index (χ3n) is 4.18. The molecule has 6 heteroatoms. The highest BCUT2D eigenvalue weighted by molar-refractivity contribution is 6.30. The molecule has 1 amide bonds. The fourth-order valence-electron chi connectivity index (χ4n) is 2.70. The largest absolute Gasteiger partial charge is 0.481 e. The number of benzene rings is 1. The second kappa shape index (κ2) is 6.02. The lowest BCUT2D eigenvalue weighted by Crippen LogP contribution is -2.52. The van der Waals surface area contributed by atoms with Crippen LogP contribution in [0.25, 0.3) is 0 Å². The number of hydrogen-bond acceptors (Lipinski definition) is 2. The minimum atomic E-state index is -0.987. The van der Waals surface area contributed by atoms with Crippen molar-refractivity contribution in [2.45, 2.75) is 38.6 Å². The van der Waals surface area contributed by atoms with Crippen LogP contribution in [0.1, 0.15) is 43.0 Å². The van der Waals surface area contributed by atoms with Crippen molar-refractivity contribution in [1.29, 1.82) is 0 Å². The summed E-state index contributed by atoms with van der Waals surface area (Å²) in [4.78, 5) is 23.6. The zero-order chi connectivity index (χ0) is 15.6. The SMILES string of the molecule is CC1(C(=O)O)CCCCC1NC(=O)c1ccc(Cl)c(F)c1. The highest BCUT2D eigenvalue weighted by atomic mass is 35.5. The van der Waals surface area contributed by atoms with Crippen LogP contribution in [-0.4, -0.2) is 23.0 Å². The maximum absolute atomic E-state index is 13.4. The van der Waals surface area contributed by atoms with Gasteiger partial charge in [-0.1, -0.05) is 24.4 Å². The lowest BCUT2D eigenvalue weighted by Gasteiger charge is -2.38. The molecule has 1 fully saturated rings. The molecular weight excluding hydrogens is 297 g/mol. The Morgan fingerprint density at radius 3 is 2.76 bits per heavy atom. The van der Waals surface area contributed by atoms with Crippen LogP contribution in [0.4, 0.5) is 4.39 Å². The van der Waals surface area contributed by atoms with E-state index in [-0.39, 0.29) is 10.6 Å². The Bertz CT molecular complexity index is 578. The zero-order valence-corrected chi connectivity index (χ0v) is 12.4. The molecule has 21 heavy (non-hydrogen) atoms. The summed E-state index contributed by atoms with van der Waals surface area (Å²) in [6.45, 7) is 1.64. The monoisotopic (exact) mass is 313 g/mol. The molecule has 0 aliphatic heterocycles. The van der Waals surface area contributed by atoms with Gasteiger partial charge in [0, 0.05) is 11.6 Å². The Balaban J connectivity index is 2.17. The molecule has 0 aromatic heterocycles. The predicted molar refractivity (Wildman–Crippen MR) is 76.9 cm³/mol. The average molecular weight is 314 g/mol. The molecular formula is C15H17ClFNO3. The van der Waals surface area contributed by atoms with Gasteiger partial charge in [-0.3, -0.25) is 9.59 Å². The summed E-state index contributed by atoms with van der Waals surface area (Å²) in [5, 5.41) is 12.1. The normalized spacial score (nSPS) is 25.4. The Morgan fingerprint density at radius 2 is 2.14 bits per heavy atom. The zero-order valence-electron chi connectivity index (χ0n) is 11.7. The van der Waals surface area contributed by atoms with Crippen LogP contribution in [0.5, 0.6) is 0 Å². The Hall–Kier alpha value is -1.62. The van der Waals surface area contributed by atoms with Crippen molar-refractivity contribution in [1.82, 2.24) is 5.32 Å². The Labute approximate surface area is 127 Å². The first-order valence-electron chi connectivity index (χ1n) is 6.84. The van der Waals surface area contributed by atoms with E-state index in [0.717, 1.165) is 18.9 Å². The number of nitrogens with one attached hydrogen (secondary N) is 1. The molecule has 0 heterocycles. The number of carboxylic acids is 1. The van der Waals surface area contributed by atoms with Crippen molar-refractivity contribution in [2.24, 2.45) is 5.41 Å². The Morgan fingerprint density at radius 1 is 1.43 bits per heavy atom. The third kappa shape index (κ3) is 3.18. The summed E-state index contributed by atoms with van der Waals surface area (Å²) in [6, 6.07) is 3.32. The first kappa shape index (κ1) is 15.8. The van der Waals surface area contributed by atoms with E-state index in [2.05, 4.69) is 5.32 Å². The molecule has 1 saturated carbocycles. The van der Waals surface area contributed by atoms with Crippen molar-refractivity contribution in [3.05, 3.63) is 34.6 Å². The van der Waals surface area contributed by atoms with Crippen LogP contribution in [-0.2, 0) is 4.79 Å². The lowest BCUT2D eigenvalue weighted by atomic mass is 9.71. The third-order valence-corrected chi connectivity index (χ3v) is 4.49. The summed E-state index contributed by atoms with van der Waals surface area (Å²) in [7, 11) is 0. The molecule has 1 aromatic carbocycles. The number of carbonyl (C=O) groups excluding carboxylic acids is 1. The van der Waals surface area contributed by atoms with E-state index in [1.165, 1.54) is 12.1 Å². The predicted octanol–water partition coefficient (Wildman–Crippen LogP) is 3.24. The highest BCUT2D eigenvalue weighted by Gasteiger charge is 2.43. The van der Waals surface area contributed by atoms with Gasteiger partial charge < -0.3 is 10.4 Å². The minimum absolute atomic E-state index is 0.0559. The van der Waals surface area contributed by atoms with Gasteiger partial charge in [0.15, 0.2) is 0 Å². The second-order valence-corrected chi connectivity index (χ2v) is 6.03. The van der Waals surface area contributed by atoms with E-state index >= 15 is 0 Å². The maximum atomic E-state index is 13.4. The number of aliphatic carboxylic acids is 1. The van der Waals surface area contributed by atoms with E-state index < -0.39 is 29.2 Å². The van der Waals surface area contributed by atoms with Crippen LogP contribution in [0.2, 0.25) is 5.02 Å². The quantitative estimate of drug-likeness (QED) is 0.900. The standard InChI is InChI=1S/C15H17ClFNO3/c1-15(14(20)21)7-3-2-4-12(15)18-13(19)9-5-6-10(16)11(17)8-9/h5-6,8,12H,2-4,7H2,1H3,(H,18,19)(H,20,21). The van der Waals surface area contributed by atoms with Crippen LogP contribution in [0.15, 0.2) is 18.2 Å². The number of hydrogen-bond donors (Lipinski definition) is 2. The molecule has 1 aliphatic carbocycles. The molecule has 2 rings (SSSR count). The van der Waals surface area contributed by atoms with Gasteiger partial charge in [-0.2, -0.15) is 0 Å². The van der Waals surface area contributed by atoms with Crippen LogP contribution >= 0.6 is 11.6 Å². The topological polar surface area (TPSA) is 66.4 Å².